The van der Waals surface area contributed by atoms with E-state index in [0.717, 1.165) is 18.2 Å². The first-order chi connectivity index (χ1) is 14.2. The molecule has 1 saturated heterocycles. The van der Waals surface area contributed by atoms with Gasteiger partial charge in [-0.1, -0.05) is 0 Å². The van der Waals surface area contributed by atoms with Crippen LogP contribution in [0.2, 0.25) is 0 Å². The highest BCUT2D eigenvalue weighted by atomic mass is 19.1. The maximum Gasteiger partial charge on any atom is 0.341 e. The summed E-state index contributed by atoms with van der Waals surface area (Å²) in [6.45, 7) is 3.36. The highest BCUT2D eigenvalue weighted by Crippen LogP contribution is 2.26. The number of piperazine rings is 1. The van der Waals surface area contributed by atoms with Gasteiger partial charge in [0.1, 0.15) is 11.4 Å². The molecule has 1 amide bonds. The maximum absolute atomic E-state index is 14.8. The van der Waals surface area contributed by atoms with E-state index in [2.05, 4.69) is 0 Å². The number of carboxylic acids is 2. The Balaban J connectivity index is 1.91. The second-order valence-electron chi connectivity index (χ2n) is 6.77. The predicted molar refractivity (Wildman–Crippen MR) is 106 cm³/mol. The van der Waals surface area contributed by atoms with Crippen molar-refractivity contribution in [3.63, 3.8) is 0 Å². The highest BCUT2D eigenvalue weighted by molar-refractivity contribution is 5.94. The Kier molecular flexibility index (Phi) is 5.86. The van der Waals surface area contributed by atoms with Crippen molar-refractivity contribution in [2.45, 2.75) is 13.5 Å². The average molecular weight is 417 g/mol. The summed E-state index contributed by atoms with van der Waals surface area (Å²) in [5.41, 5.74) is -0.488. The van der Waals surface area contributed by atoms with Gasteiger partial charge in [-0.25, -0.2) is 14.0 Å². The van der Waals surface area contributed by atoms with Gasteiger partial charge >= 0.3 is 11.9 Å². The van der Waals surface area contributed by atoms with Gasteiger partial charge in [0.25, 0.3) is 0 Å². The summed E-state index contributed by atoms with van der Waals surface area (Å²) in [6.07, 6.45) is 3.00. The Morgan fingerprint density at radius 2 is 1.77 bits per heavy atom. The zero-order valence-corrected chi connectivity index (χ0v) is 16.2. The van der Waals surface area contributed by atoms with Crippen molar-refractivity contribution >= 4 is 34.4 Å². The molecule has 2 N–H and O–H groups in total. The smallest absolute Gasteiger partial charge is 0.341 e. The van der Waals surface area contributed by atoms with Gasteiger partial charge in [-0.05, 0) is 19.1 Å². The second-order valence-corrected chi connectivity index (χ2v) is 6.77. The number of rotatable bonds is 5. The number of fused-ring (bicyclic) bond motifs is 1. The fraction of sp³-hybridized carbons (Fsp3) is 0.300. The lowest BCUT2D eigenvalue weighted by molar-refractivity contribution is -0.132. The minimum atomic E-state index is -1.37. The minimum absolute atomic E-state index is 0.00868. The number of aromatic carboxylic acids is 1. The number of carbonyl (C=O) groups is 3. The molecule has 0 bridgehead atoms. The van der Waals surface area contributed by atoms with Crippen LogP contribution >= 0.6 is 0 Å². The molecule has 0 unspecified atom stereocenters. The molecule has 1 aromatic carbocycles. The summed E-state index contributed by atoms with van der Waals surface area (Å²) in [5, 5.41) is 17.8. The van der Waals surface area contributed by atoms with Crippen molar-refractivity contribution in [3.05, 3.63) is 52.1 Å². The van der Waals surface area contributed by atoms with Crippen LogP contribution in [0.4, 0.5) is 10.1 Å². The average Bonchev–Trinajstić information content (AvgIpc) is 2.72. The number of carboxylic acid groups (broad SMARTS) is 2. The fourth-order valence-electron chi connectivity index (χ4n) is 3.47. The second kappa shape index (κ2) is 8.36. The van der Waals surface area contributed by atoms with Crippen molar-refractivity contribution in [3.8, 4) is 0 Å². The molecule has 2 heterocycles. The summed E-state index contributed by atoms with van der Waals surface area (Å²) in [4.78, 5) is 49.5. The van der Waals surface area contributed by atoms with Crippen LogP contribution in [0.1, 0.15) is 17.3 Å². The number of amides is 1. The van der Waals surface area contributed by atoms with Crippen molar-refractivity contribution in [2.24, 2.45) is 0 Å². The normalized spacial score (nSPS) is 14.5. The van der Waals surface area contributed by atoms with Gasteiger partial charge in [-0.15, -0.1) is 0 Å². The van der Waals surface area contributed by atoms with Gasteiger partial charge in [-0.2, -0.15) is 0 Å². The molecule has 158 valence electrons. The Bertz CT molecular complexity index is 1120. The number of hydrogen-bond donors (Lipinski definition) is 2. The van der Waals surface area contributed by atoms with E-state index in [-0.39, 0.29) is 24.2 Å². The molecule has 0 saturated carbocycles. The summed E-state index contributed by atoms with van der Waals surface area (Å²) < 4.78 is 16.4. The third-order valence-corrected chi connectivity index (χ3v) is 5.02. The monoisotopic (exact) mass is 417 g/mol. The van der Waals surface area contributed by atoms with Crippen LogP contribution in [0.3, 0.4) is 0 Å². The molecular formula is C20H20FN3O6. The van der Waals surface area contributed by atoms with Crippen LogP contribution in [-0.2, 0) is 16.1 Å². The molecule has 30 heavy (non-hydrogen) atoms. The SMILES string of the molecule is CCn1cc(C(=O)O)c(=O)c2cc(F)c(N3CCN(C(=O)/C=C\C(=O)O)CC3)cc21. The van der Waals surface area contributed by atoms with Gasteiger partial charge in [-0.3, -0.25) is 9.59 Å². The topological polar surface area (TPSA) is 120 Å². The van der Waals surface area contributed by atoms with E-state index in [9.17, 15) is 28.7 Å². The standard InChI is InChI=1S/C20H20FN3O6/c1-2-22-11-13(20(29)30)19(28)12-9-14(21)16(10-15(12)22)23-5-7-24(8-6-23)17(25)3-4-18(26)27/h3-4,9-11H,2,5-8H2,1H3,(H,26,27)(H,29,30)/b4-3-. The number of aryl methyl sites for hydroxylation is 1. The van der Waals surface area contributed by atoms with Gasteiger partial charge in [0.15, 0.2) is 0 Å². The first-order valence-electron chi connectivity index (χ1n) is 9.27. The third kappa shape index (κ3) is 4.02. The van der Waals surface area contributed by atoms with Crippen LogP contribution in [-0.4, -0.2) is 63.7 Å². The number of carbonyl (C=O) groups excluding carboxylic acids is 1. The molecule has 3 rings (SSSR count). The number of nitrogens with zero attached hydrogens (tertiary/aromatic N) is 3. The third-order valence-electron chi connectivity index (χ3n) is 5.02. The number of aliphatic carboxylic acids is 1. The summed E-state index contributed by atoms with van der Waals surface area (Å²) in [7, 11) is 0. The number of aromatic nitrogens is 1. The summed E-state index contributed by atoms with van der Waals surface area (Å²) in [5.74, 6) is -3.67. The van der Waals surface area contributed by atoms with E-state index in [1.807, 2.05) is 0 Å². The number of benzene rings is 1. The maximum atomic E-state index is 14.8. The largest absolute Gasteiger partial charge is 0.478 e. The molecule has 9 nitrogen and oxygen atoms in total. The van der Waals surface area contributed by atoms with Crippen molar-refractivity contribution in [2.75, 3.05) is 31.1 Å². The van der Waals surface area contributed by atoms with Gasteiger partial charge in [0.05, 0.1) is 11.2 Å². The molecule has 0 spiro atoms. The van der Waals surface area contributed by atoms with E-state index >= 15 is 0 Å². The molecule has 0 atom stereocenters. The lowest BCUT2D eigenvalue weighted by Crippen LogP contribution is -2.48. The molecule has 0 aliphatic carbocycles. The number of pyridine rings is 1. The minimum Gasteiger partial charge on any atom is -0.478 e. The number of halogens is 1. The van der Waals surface area contributed by atoms with Crippen molar-refractivity contribution in [1.29, 1.82) is 0 Å². The Morgan fingerprint density at radius 1 is 1.10 bits per heavy atom. The molecular weight excluding hydrogens is 397 g/mol. The molecule has 1 fully saturated rings. The molecule has 1 aliphatic rings. The lowest BCUT2D eigenvalue weighted by atomic mass is 10.1. The molecule has 1 aromatic heterocycles. The zero-order chi connectivity index (χ0) is 22.0. The van der Waals surface area contributed by atoms with Crippen molar-refractivity contribution in [1.82, 2.24) is 9.47 Å². The van der Waals surface area contributed by atoms with Crippen LogP contribution in [0.15, 0.2) is 35.3 Å². The fourth-order valence-corrected chi connectivity index (χ4v) is 3.47. The van der Waals surface area contributed by atoms with Gasteiger partial charge < -0.3 is 24.6 Å². The van der Waals surface area contributed by atoms with E-state index < -0.39 is 34.7 Å². The zero-order valence-electron chi connectivity index (χ0n) is 16.2. The molecule has 0 radical (unpaired) electrons. The van der Waals surface area contributed by atoms with Gasteiger partial charge in [0, 0.05) is 56.5 Å². The Labute approximate surface area is 170 Å². The number of hydrogen-bond acceptors (Lipinski definition) is 5. The Morgan fingerprint density at radius 3 is 2.33 bits per heavy atom. The predicted octanol–water partition coefficient (Wildman–Crippen LogP) is 1.15. The molecule has 1 aliphatic heterocycles. The summed E-state index contributed by atoms with van der Waals surface area (Å²) >= 11 is 0. The van der Waals surface area contributed by atoms with Crippen molar-refractivity contribution < 1.29 is 29.0 Å². The molecule has 10 heteroatoms. The van der Waals surface area contributed by atoms with Crippen LogP contribution in [0, 0.1) is 5.82 Å². The summed E-state index contributed by atoms with van der Waals surface area (Å²) in [6, 6.07) is 2.57. The quantitative estimate of drug-likeness (QED) is 0.700. The molecule has 2 aromatic rings. The van der Waals surface area contributed by atoms with E-state index in [1.165, 1.54) is 17.2 Å². The van der Waals surface area contributed by atoms with E-state index in [1.54, 1.807) is 16.4 Å². The van der Waals surface area contributed by atoms with Crippen LogP contribution in [0.5, 0.6) is 0 Å². The van der Waals surface area contributed by atoms with Gasteiger partial charge in [0.2, 0.25) is 11.3 Å². The first kappa shape index (κ1) is 21.0. The van der Waals surface area contributed by atoms with E-state index in [0.29, 0.717) is 25.2 Å². The Hall–Kier alpha value is -3.69. The number of anilines is 1. The highest BCUT2D eigenvalue weighted by Gasteiger charge is 2.24. The first-order valence-corrected chi connectivity index (χ1v) is 9.27. The lowest BCUT2D eigenvalue weighted by Gasteiger charge is -2.36. The van der Waals surface area contributed by atoms with Crippen LogP contribution in [0.25, 0.3) is 10.9 Å². The van der Waals surface area contributed by atoms with Crippen LogP contribution < -0.4 is 10.3 Å². The van der Waals surface area contributed by atoms with E-state index in [4.69, 9.17) is 5.11 Å².